The lowest BCUT2D eigenvalue weighted by Gasteiger charge is -2.47. The van der Waals surface area contributed by atoms with Gasteiger partial charge in [0.25, 0.3) is 0 Å². The second-order valence-electron chi connectivity index (χ2n) is 13.2. The SMILES string of the molecule is C[C@@H](COc1ccnc2c1[C@@H](C)CCC2)CC1Cc2cc(Cl)c(O)cc2C12CCC(Nc1cccc(Cl)c1)(C(=O)O)CC2. The Bertz CT molecular complexity index is 1520. The predicted octanol–water partition coefficient (Wildman–Crippen LogP) is 8.56. The summed E-state index contributed by atoms with van der Waals surface area (Å²) in [4.78, 5) is 17.4. The number of hydrogen-bond acceptors (Lipinski definition) is 5. The van der Waals surface area contributed by atoms with Gasteiger partial charge in [-0.2, -0.15) is 0 Å². The number of nitrogens with zero attached hydrogens (tertiary/aromatic N) is 1. The van der Waals surface area contributed by atoms with E-state index in [1.807, 2.05) is 36.5 Å². The number of aryl methyl sites for hydroxylation is 1. The minimum atomic E-state index is -1.09. The molecule has 43 heavy (non-hydrogen) atoms. The zero-order valence-electron chi connectivity index (χ0n) is 24.8. The summed E-state index contributed by atoms with van der Waals surface area (Å²) in [5.41, 5.74) is 4.07. The highest BCUT2D eigenvalue weighted by atomic mass is 35.5. The number of benzene rings is 2. The molecule has 228 valence electrons. The van der Waals surface area contributed by atoms with Gasteiger partial charge in [0, 0.05) is 28.2 Å². The molecule has 1 heterocycles. The Morgan fingerprint density at radius 1 is 1.16 bits per heavy atom. The van der Waals surface area contributed by atoms with Crippen LogP contribution in [-0.4, -0.2) is 33.3 Å². The van der Waals surface area contributed by atoms with E-state index in [1.165, 1.54) is 17.7 Å². The molecule has 1 saturated carbocycles. The van der Waals surface area contributed by atoms with Crippen molar-refractivity contribution in [2.45, 2.75) is 88.5 Å². The van der Waals surface area contributed by atoms with Crippen molar-refractivity contribution in [3.63, 3.8) is 0 Å². The van der Waals surface area contributed by atoms with Gasteiger partial charge < -0.3 is 20.3 Å². The van der Waals surface area contributed by atoms with Crippen molar-refractivity contribution < 1.29 is 19.7 Å². The first kappa shape index (κ1) is 30.1. The van der Waals surface area contributed by atoms with Crippen LogP contribution in [0.15, 0.2) is 48.7 Å². The molecule has 1 aromatic heterocycles. The molecule has 3 N–H and O–H groups in total. The molecule has 3 atom stereocenters. The lowest BCUT2D eigenvalue weighted by atomic mass is 9.59. The molecule has 0 radical (unpaired) electrons. The Morgan fingerprint density at radius 2 is 1.95 bits per heavy atom. The van der Waals surface area contributed by atoms with E-state index in [9.17, 15) is 15.0 Å². The van der Waals surface area contributed by atoms with Gasteiger partial charge in [-0.1, -0.05) is 43.1 Å². The maximum absolute atomic E-state index is 12.7. The van der Waals surface area contributed by atoms with Gasteiger partial charge in [-0.3, -0.25) is 4.98 Å². The molecular formula is C35H40Cl2N2O4. The third-order valence-electron chi connectivity index (χ3n) is 10.4. The fourth-order valence-electron chi connectivity index (χ4n) is 8.12. The molecule has 0 saturated heterocycles. The Kier molecular flexibility index (Phi) is 8.29. The summed E-state index contributed by atoms with van der Waals surface area (Å²) < 4.78 is 6.48. The third kappa shape index (κ3) is 5.69. The number of carboxylic acid groups (broad SMARTS) is 1. The number of aromatic nitrogens is 1. The molecule has 6 nitrogen and oxygen atoms in total. The van der Waals surface area contributed by atoms with Crippen molar-refractivity contribution in [3.8, 4) is 11.5 Å². The smallest absolute Gasteiger partial charge is 0.329 e. The number of ether oxygens (including phenoxy) is 1. The molecule has 6 rings (SSSR count). The van der Waals surface area contributed by atoms with E-state index in [4.69, 9.17) is 27.9 Å². The molecule has 1 fully saturated rings. The highest BCUT2D eigenvalue weighted by Gasteiger charge is 2.54. The van der Waals surface area contributed by atoms with Gasteiger partial charge in [0.15, 0.2) is 0 Å². The number of pyridine rings is 1. The van der Waals surface area contributed by atoms with Gasteiger partial charge in [0.05, 0.1) is 11.6 Å². The Hall–Kier alpha value is -2.96. The normalized spacial score (nSPS) is 26.9. The summed E-state index contributed by atoms with van der Waals surface area (Å²) in [6.07, 6.45) is 9.28. The predicted molar refractivity (Wildman–Crippen MR) is 171 cm³/mol. The maximum Gasteiger partial charge on any atom is 0.329 e. The van der Waals surface area contributed by atoms with Crippen LogP contribution < -0.4 is 10.1 Å². The second kappa shape index (κ2) is 11.9. The molecule has 0 aliphatic heterocycles. The van der Waals surface area contributed by atoms with E-state index in [1.54, 1.807) is 12.1 Å². The molecule has 3 aromatic rings. The van der Waals surface area contributed by atoms with Crippen molar-refractivity contribution in [2.24, 2.45) is 11.8 Å². The summed E-state index contributed by atoms with van der Waals surface area (Å²) in [6.45, 7) is 5.11. The number of aromatic hydroxyl groups is 1. The van der Waals surface area contributed by atoms with Crippen LogP contribution in [0.5, 0.6) is 11.5 Å². The zero-order valence-corrected chi connectivity index (χ0v) is 26.3. The molecule has 2 aromatic carbocycles. The molecule has 3 aliphatic carbocycles. The monoisotopic (exact) mass is 622 g/mol. The fraction of sp³-hybridized carbons (Fsp3) is 0.486. The Balaban J connectivity index is 1.23. The number of aliphatic carboxylic acids is 1. The second-order valence-corrected chi connectivity index (χ2v) is 14.0. The molecule has 8 heteroatoms. The summed E-state index contributed by atoms with van der Waals surface area (Å²) >= 11 is 12.6. The molecule has 0 bridgehead atoms. The average Bonchev–Trinajstić information content (AvgIpc) is 3.24. The highest BCUT2D eigenvalue weighted by molar-refractivity contribution is 6.32. The standard InChI is InChI=1S/C35H40Cl2N2O4/c1-21(20-43-31-9-14-38-29-8-3-5-22(2)32(29)31)15-24-16-23-17-28(37)30(40)19-27(23)34(24)10-12-35(13-11-34,33(41)42)39-26-7-4-6-25(36)18-26/h4,6-7,9,14,17-19,21-22,24,39-40H,3,5,8,10-13,15-16,20H2,1-2H3,(H,41,42)/t21-,22+,24?,34?,35?/m1/s1. The maximum atomic E-state index is 12.7. The summed E-state index contributed by atoms with van der Waals surface area (Å²) in [6, 6.07) is 13.0. The van der Waals surface area contributed by atoms with E-state index < -0.39 is 11.5 Å². The van der Waals surface area contributed by atoms with Crippen LogP contribution in [0.3, 0.4) is 0 Å². The number of carbonyl (C=O) groups is 1. The number of hydrogen-bond donors (Lipinski definition) is 3. The largest absolute Gasteiger partial charge is 0.506 e. The number of anilines is 1. The lowest BCUT2D eigenvalue weighted by molar-refractivity contribution is -0.144. The molecule has 3 aliphatic rings. The molecule has 1 unspecified atom stereocenters. The van der Waals surface area contributed by atoms with Gasteiger partial charge in [0.2, 0.25) is 0 Å². The minimum absolute atomic E-state index is 0.0838. The zero-order chi connectivity index (χ0) is 30.4. The quantitative estimate of drug-likeness (QED) is 0.233. The molecule has 1 spiro atoms. The van der Waals surface area contributed by atoms with Crippen molar-refractivity contribution in [1.29, 1.82) is 0 Å². The van der Waals surface area contributed by atoms with Crippen molar-refractivity contribution in [1.82, 2.24) is 4.98 Å². The fourth-order valence-corrected chi connectivity index (χ4v) is 8.49. The van der Waals surface area contributed by atoms with E-state index >= 15 is 0 Å². The summed E-state index contributed by atoms with van der Waals surface area (Å²) in [5, 5.41) is 25.3. The van der Waals surface area contributed by atoms with Crippen LogP contribution in [-0.2, 0) is 23.1 Å². The van der Waals surface area contributed by atoms with Gasteiger partial charge in [-0.25, -0.2) is 4.79 Å². The van der Waals surface area contributed by atoms with Gasteiger partial charge in [0.1, 0.15) is 17.0 Å². The van der Waals surface area contributed by atoms with Gasteiger partial charge >= 0.3 is 5.97 Å². The first-order valence-corrected chi connectivity index (χ1v) is 16.3. The number of nitrogens with one attached hydrogen (secondary N) is 1. The van der Waals surface area contributed by atoms with Crippen molar-refractivity contribution in [3.05, 3.63) is 81.1 Å². The number of fused-ring (bicyclic) bond motifs is 3. The van der Waals surface area contributed by atoms with Crippen LogP contribution in [0.4, 0.5) is 5.69 Å². The first-order chi connectivity index (χ1) is 20.6. The first-order valence-electron chi connectivity index (χ1n) is 15.5. The van der Waals surface area contributed by atoms with Crippen LogP contribution in [0.2, 0.25) is 10.0 Å². The molecule has 0 amide bonds. The lowest BCUT2D eigenvalue weighted by Crippen LogP contribution is -2.53. The van der Waals surface area contributed by atoms with Gasteiger partial charge in [-0.05, 0) is 128 Å². The number of carboxylic acids is 1. The Labute approximate surface area is 263 Å². The summed E-state index contributed by atoms with van der Waals surface area (Å²) in [5.74, 6) is 1.19. The van der Waals surface area contributed by atoms with Crippen LogP contribution in [0, 0.1) is 11.8 Å². The Morgan fingerprint density at radius 3 is 2.70 bits per heavy atom. The number of phenolic OH excluding ortho intramolecular Hbond substituents is 1. The van der Waals surface area contributed by atoms with Crippen molar-refractivity contribution in [2.75, 3.05) is 11.9 Å². The summed E-state index contributed by atoms with van der Waals surface area (Å²) in [7, 11) is 0. The highest BCUT2D eigenvalue weighted by Crippen LogP contribution is 2.57. The average molecular weight is 624 g/mol. The third-order valence-corrected chi connectivity index (χ3v) is 10.9. The van der Waals surface area contributed by atoms with Crippen LogP contribution in [0.1, 0.15) is 87.1 Å². The van der Waals surface area contributed by atoms with Gasteiger partial charge in [-0.15, -0.1) is 0 Å². The van der Waals surface area contributed by atoms with E-state index in [-0.39, 0.29) is 23.0 Å². The van der Waals surface area contributed by atoms with Crippen LogP contribution in [0.25, 0.3) is 0 Å². The van der Waals surface area contributed by atoms with Crippen molar-refractivity contribution >= 4 is 34.9 Å². The van der Waals surface area contributed by atoms with E-state index in [0.29, 0.717) is 53.9 Å². The topological polar surface area (TPSA) is 91.7 Å². The number of rotatable bonds is 8. The van der Waals surface area contributed by atoms with Crippen LogP contribution >= 0.6 is 23.2 Å². The minimum Gasteiger partial charge on any atom is -0.506 e. The van der Waals surface area contributed by atoms with E-state index in [2.05, 4.69) is 24.1 Å². The van der Waals surface area contributed by atoms with E-state index in [0.717, 1.165) is 42.6 Å². The number of halogens is 2. The molecular weight excluding hydrogens is 583 g/mol. The number of phenols is 1.